The highest BCUT2D eigenvalue weighted by molar-refractivity contribution is 6.07. The van der Waals surface area contributed by atoms with Gasteiger partial charge in [0.15, 0.2) is 11.5 Å². The number of anilines is 2. The van der Waals surface area contributed by atoms with E-state index in [4.69, 9.17) is 14.5 Å². The SMILES string of the molecule is CCN(CC)c1nc2ccccc2nc1C(=O)Nc1cc(OC)cc(OC)c1. The van der Waals surface area contributed by atoms with Crippen LogP contribution < -0.4 is 19.7 Å². The Balaban J connectivity index is 2.04. The second kappa shape index (κ2) is 8.56. The summed E-state index contributed by atoms with van der Waals surface area (Å²) in [6, 6.07) is 12.7. The van der Waals surface area contributed by atoms with Gasteiger partial charge in [-0.05, 0) is 26.0 Å². The summed E-state index contributed by atoms with van der Waals surface area (Å²) in [7, 11) is 3.13. The van der Waals surface area contributed by atoms with Crippen molar-refractivity contribution in [2.45, 2.75) is 13.8 Å². The van der Waals surface area contributed by atoms with Gasteiger partial charge in [-0.1, -0.05) is 12.1 Å². The standard InChI is InChI=1S/C21H24N4O3/c1-5-25(6-2)20-19(23-17-9-7-8-10-18(17)24-20)21(26)22-14-11-15(27-3)13-16(12-14)28-4/h7-13H,5-6H2,1-4H3,(H,22,26). The third-order valence-corrected chi connectivity index (χ3v) is 4.44. The van der Waals surface area contributed by atoms with Gasteiger partial charge in [0.05, 0.1) is 25.3 Å². The summed E-state index contributed by atoms with van der Waals surface area (Å²) < 4.78 is 10.5. The van der Waals surface area contributed by atoms with Gasteiger partial charge in [-0.15, -0.1) is 0 Å². The number of rotatable bonds is 7. The Morgan fingerprint density at radius 1 is 0.964 bits per heavy atom. The Bertz CT molecular complexity index is 964. The van der Waals surface area contributed by atoms with E-state index in [1.54, 1.807) is 32.4 Å². The molecule has 1 N–H and O–H groups in total. The van der Waals surface area contributed by atoms with Gasteiger partial charge in [-0.3, -0.25) is 4.79 Å². The van der Waals surface area contributed by atoms with Crippen LogP contribution in [-0.4, -0.2) is 43.2 Å². The quantitative estimate of drug-likeness (QED) is 0.673. The molecule has 0 saturated heterocycles. The van der Waals surface area contributed by atoms with E-state index in [2.05, 4.69) is 10.3 Å². The van der Waals surface area contributed by atoms with E-state index in [1.165, 1.54) is 0 Å². The fraction of sp³-hybridized carbons (Fsp3) is 0.286. The number of hydrogen-bond acceptors (Lipinski definition) is 6. The van der Waals surface area contributed by atoms with Gasteiger partial charge in [0, 0.05) is 37.0 Å². The lowest BCUT2D eigenvalue weighted by atomic mass is 10.2. The highest BCUT2D eigenvalue weighted by Crippen LogP contribution is 2.27. The van der Waals surface area contributed by atoms with E-state index in [9.17, 15) is 4.79 Å². The lowest BCUT2D eigenvalue weighted by Gasteiger charge is -2.22. The van der Waals surface area contributed by atoms with Gasteiger partial charge in [0.25, 0.3) is 5.91 Å². The molecule has 7 heteroatoms. The number of fused-ring (bicyclic) bond motifs is 1. The maximum atomic E-state index is 13.1. The van der Waals surface area contributed by atoms with Gasteiger partial charge < -0.3 is 19.7 Å². The number of carbonyl (C=O) groups excluding carboxylic acids is 1. The molecule has 0 unspecified atom stereocenters. The summed E-state index contributed by atoms with van der Waals surface area (Å²) in [6.45, 7) is 5.48. The number of benzene rings is 2. The zero-order valence-corrected chi connectivity index (χ0v) is 16.5. The molecule has 3 rings (SSSR count). The second-order valence-corrected chi connectivity index (χ2v) is 6.11. The molecule has 0 aliphatic heterocycles. The number of nitrogens with one attached hydrogen (secondary N) is 1. The van der Waals surface area contributed by atoms with Crippen LogP contribution >= 0.6 is 0 Å². The van der Waals surface area contributed by atoms with Crippen LogP contribution in [0.3, 0.4) is 0 Å². The molecule has 0 atom stereocenters. The first kappa shape index (κ1) is 19.4. The van der Waals surface area contributed by atoms with Crippen molar-refractivity contribution in [2.24, 2.45) is 0 Å². The first-order valence-electron chi connectivity index (χ1n) is 9.15. The van der Waals surface area contributed by atoms with E-state index in [0.29, 0.717) is 28.5 Å². The Kier molecular flexibility index (Phi) is 5.93. The van der Waals surface area contributed by atoms with Gasteiger partial charge in [-0.2, -0.15) is 0 Å². The second-order valence-electron chi connectivity index (χ2n) is 6.11. The highest BCUT2D eigenvalue weighted by atomic mass is 16.5. The Morgan fingerprint density at radius 3 is 2.07 bits per heavy atom. The number of carbonyl (C=O) groups is 1. The highest BCUT2D eigenvalue weighted by Gasteiger charge is 2.20. The number of aromatic nitrogens is 2. The molecule has 1 aromatic heterocycles. The average molecular weight is 380 g/mol. The van der Waals surface area contributed by atoms with Crippen LogP contribution in [0.25, 0.3) is 11.0 Å². The van der Waals surface area contributed by atoms with E-state index in [0.717, 1.165) is 18.6 Å². The van der Waals surface area contributed by atoms with Crippen molar-refractivity contribution in [3.8, 4) is 11.5 Å². The number of amides is 1. The smallest absolute Gasteiger partial charge is 0.278 e. The molecule has 0 aliphatic carbocycles. The third-order valence-electron chi connectivity index (χ3n) is 4.44. The number of para-hydroxylation sites is 2. The van der Waals surface area contributed by atoms with Crippen LogP contribution in [0.5, 0.6) is 11.5 Å². The van der Waals surface area contributed by atoms with E-state index in [1.807, 2.05) is 43.0 Å². The van der Waals surface area contributed by atoms with Crippen LogP contribution in [0.15, 0.2) is 42.5 Å². The molecule has 3 aromatic rings. The van der Waals surface area contributed by atoms with E-state index < -0.39 is 0 Å². The van der Waals surface area contributed by atoms with Gasteiger partial charge >= 0.3 is 0 Å². The van der Waals surface area contributed by atoms with Crippen LogP contribution in [0, 0.1) is 0 Å². The lowest BCUT2D eigenvalue weighted by molar-refractivity contribution is 0.102. The average Bonchev–Trinajstić information content (AvgIpc) is 2.73. The maximum Gasteiger partial charge on any atom is 0.278 e. The van der Waals surface area contributed by atoms with Crippen molar-refractivity contribution >= 4 is 28.4 Å². The fourth-order valence-corrected chi connectivity index (χ4v) is 2.96. The summed E-state index contributed by atoms with van der Waals surface area (Å²) in [5.41, 5.74) is 2.27. The van der Waals surface area contributed by atoms with Crippen molar-refractivity contribution in [3.05, 3.63) is 48.2 Å². The Hall–Kier alpha value is -3.35. The molecule has 0 spiro atoms. The number of nitrogens with zero attached hydrogens (tertiary/aromatic N) is 3. The third kappa shape index (κ3) is 3.98. The predicted molar refractivity (Wildman–Crippen MR) is 111 cm³/mol. The van der Waals surface area contributed by atoms with Crippen LogP contribution in [0.1, 0.15) is 24.3 Å². The molecule has 0 aliphatic rings. The number of ether oxygens (including phenoxy) is 2. The van der Waals surface area contributed by atoms with Crippen molar-refractivity contribution in [1.82, 2.24) is 9.97 Å². The normalized spacial score (nSPS) is 10.6. The minimum absolute atomic E-state index is 0.282. The summed E-state index contributed by atoms with van der Waals surface area (Å²) >= 11 is 0. The molecule has 1 amide bonds. The summed E-state index contributed by atoms with van der Waals surface area (Å²) in [6.07, 6.45) is 0. The van der Waals surface area contributed by atoms with Gasteiger partial charge in [-0.25, -0.2) is 9.97 Å². The number of methoxy groups -OCH3 is 2. The van der Waals surface area contributed by atoms with Crippen LogP contribution in [-0.2, 0) is 0 Å². The molecular formula is C21H24N4O3. The first-order valence-corrected chi connectivity index (χ1v) is 9.15. The van der Waals surface area contributed by atoms with Crippen molar-refractivity contribution in [3.63, 3.8) is 0 Å². The molecule has 0 saturated carbocycles. The topological polar surface area (TPSA) is 76.6 Å². The largest absolute Gasteiger partial charge is 0.497 e. The van der Waals surface area contributed by atoms with Crippen molar-refractivity contribution < 1.29 is 14.3 Å². The van der Waals surface area contributed by atoms with Crippen molar-refractivity contribution in [1.29, 1.82) is 0 Å². The molecular weight excluding hydrogens is 356 g/mol. The molecule has 1 heterocycles. The van der Waals surface area contributed by atoms with Gasteiger partial charge in [0.2, 0.25) is 0 Å². The minimum Gasteiger partial charge on any atom is -0.497 e. The Morgan fingerprint density at radius 2 is 1.54 bits per heavy atom. The first-order chi connectivity index (χ1) is 13.6. The molecule has 7 nitrogen and oxygen atoms in total. The van der Waals surface area contributed by atoms with E-state index in [-0.39, 0.29) is 11.6 Å². The lowest BCUT2D eigenvalue weighted by Crippen LogP contribution is -2.27. The fourth-order valence-electron chi connectivity index (χ4n) is 2.96. The number of hydrogen-bond donors (Lipinski definition) is 1. The minimum atomic E-state index is -0.338. The molecule has 146 valence electrons. The molecule has 0 fully saturated rings. The Labute approximate surface area is 164 Å². The molecule has 0 bridgehead atoms. The van der Waals surface area contributed by atoms with Crippen molar-refractivity contribution in [2.75, 3.05) is 37.5 Å². The summed E-state index contributed by atoms with van der Waals surface area (Å²) in [5.74, 6) is 1.40. The van der Waals surface area contributed by atoms with Crippen LogP contribution in [0.2, 0.25) is 0 Å². The molecule has 2 aromatic carbocycles. The zero-order valence-electron chi connectivity index (χ0n) is 16.5. The summed E-state index contributed by atoms with van der Waals surface area (Å²) in [5, 5.41) is 2.89. The molecule has 28 heavy (non-hydrogen) atoms. The molecule has 0 radical (unpaired) electrons. The predicted octanol–water partition coefficient (Wildman–Crippen LogP) is 3.75. The monoisotopic (exact) mass is 380 g/mol. The van der Waals surface area contributed by atoms with E-state index >= 15 is 0 Å². The summed E-state index contributed by atoms with van der Waals surface area (Å²) in [4.78, 5) is 24.4. The maximum absolute atomic E-state index is 13.1. The van der Waals surface area contributed by atoms with Crippen LogP contribution in [0.4, 0.5) is 11.5 Å². The zero-order chi connectivity index (χ0) is 20.1. The van der Waals surface area contributed by atoms with Gasteiger partial charge in [0.1, 0.15) is 11.5 Å².